The van der Waals surface area contributed by atoms with Crippen LogP contribution in [0.2, 0.25) is 10.0 Å². The fraction of sp³-hybridized carbons (Fsp3) is 0.250. The van der Waals surface area contributed by atoms with E-state index < -0.39 is 0 Å². The van der Waals surface area contributed by atoms with Crippen molar-refractivity contribution >= 4 is 40.9 Å². The van der Waals surface area contributed by atoms with E-state index in [-0.39, 0.29) is 12.6 Å². The molecule has 0 spiro atoms. The maximum atomic E-state index is 8.77. The van der Waals surface area contributed by atoms with Gasteiger partial charge in [-0.25, -0.2) is 4.98 Å². The molecule has 0 atom stereocenters. The Morgan fingerprint density at radius 1 is 1.20 bits per heavy atom. The number of anilines is 1. The molecule has 106 valence electrons. The minimum absolute atomic E-state index is 0.128. The average Bonchev–Trinajstić information content (AvgIpc) is 2.38. The number of hydrogen-bond donors (Lipinski definition) is 2. The number of aliphatic hydroxyl groups excluding tert-OH is 1. The second-order valence-electron chi connectivity index (χ2n) is 3.85. The van der Waals surface area contributed by atoms with Crippen LogP contribution in [0.4, 0.5) is 5.95 Å². The van der Waals surface area contributed by atoms with Gasteiger partial charge in [0.25, 0.3) is 0 Å². The average molecular weight is 331 g/mol. The highest BCUT2D eigenvalue weighted by Gasteiger charge is 2.11. The second kappa shape index (κ2) is 7.08. The molecule has 2 rings (SSSR count). The number of nitrogen functional groups attached to an aromatic ring is 1. The monoisotopic (exact) mass is 330 g/mol. The molecule has 8 heteroatoms. The summed E-state index contributed by atoms with van der Waals surface area (Å²) in [6, 6.07) is 5.07. The highest BCUT2D eigenvalue weighted by atomic mass is 35.5. The van der Waals surface area contributed by atoms with Gasteiger partial charge in [-0.1, -0.05) is 35.0 Å². The van der Waals surface area contributed by atoms with Crippen LogP contribution >= 0.6 is 35.0 Å². The molecule has 0 saturated heterocycles. The molecule has 1 heterocycles. The summed E-state index contributed by atoms with van der Waals surface area (Å²) in [5, 5.41) is 10.3. The van der Waals surface area contributed by atoms with Crippen molar-refractivity contribution in [2.75, 3.05) is 18.1 Å². The molecule has 0 unspecified atom stereocenters. The van der Waals surface area contributed by atoms with Crippen LogP contribution in [-0.2, 0) is 0 Å². The molecule has 2 aromatic rings. The number of rotatable bonds is 5. The van der Waals surface area contributed by atoms with Crippen LogP contribution in [0.25, 0.3) is 11.4 Å². The van der Waals surface area contributed by atoms with Crippen molar-refractivity contribution in [1.29, 1.82) is 0 Å². The van der Waals surface area contributed by atoms with Crippen LogP contribution in [0.3, 0.4) is 0 Å². The minimum Gasteiger partial charge on any atom is -0.396 e. The number of hydrogen-bond acceptors (Lipinski definition) is 6. The predicted octanol–water partition coefficient (Wildman–Crippen LogP) is 2.90. The largest absolute Gasteiger partial charge is 0.396 e. The molecule has 1 aromatic heterocycles. The summed E-state index contributed by atoms with van der Waals surface area (Å²) in [7, 11) is 0. The van der Waals surface area contributed by atoms with E-state index in [2.05, 4.69) is 15.0 Å². The van der Waals surface area contributed by atoms with E-state index in [1.165, 1.54) is 11.8 Å². The number of nitrogens with two attached hydrogens (primary N) is 1. The van der Waals surface area contributed by atoms with Crippen molar-refractivity contribution in [2.24, 2.45) is 0 Å². The summed E-state index contributed by atoms with van der Waals surface area (Å²) >= 11 is 13.4. The van der Waals surface area contributed by atoms with Gasteiger partial charge in [0.15, 0.2) is 11.0 Å². The molecule has 0 bridgehead atoms. The molecule has 1 aromatic carbocycles. The zero-order chi connectivity index (χ0) is 14.5. The smallest absolute Gasteiger partial charge is 0.224 e. The molecule has 0 radical (unpaired) electrons. The van der Waals surface area contributed by atoms with Gasteiger partial charge < -0.3 is 10.8 Å². The third kappa shape index (κ3) is 3.96. The number of aromatic nitrogens is 3. The fourth-order valence-electron chi connectivity index (χ4n) is 1.46. The quantitative estimate of drug-likeness (QED) is 0.647. The highest BCUT2D eigenvalue weighted by Crippen LogP contribution is 2.29. The number of nitrogens with zero attached hydrogens (tertiary/aromatic N) is 3. The van der Waals surface area contributed by atoms with Crippen LogP contribution in [0.15, 0.2) is 23.4 Å². The lowest BCUT2D eigenvalue weighted by molar-refractivity contribution is 0.296. The van der Waals surface area contributed by atoms with Gasteiger partial charge in [-0.2, -0.15) is 9.97 Å². The third-order valence-electron chi connectivity index (χ3n) is 2.34. The lowest BCUT2D eigenvalue weighted by Crippen LogP contribution is -2.02. The van der Waals surface area contributed by atoms with Crippen molar-refractivity contribution in [1.82, 2.24) is 15.0 Å². The first kappa shape index (κ1) is 15.3. The molecule has 0 aliphatic carbocycles. The Bertz CT molecular complexity index is 612. The Labute approximate surface area is 130 Å². The molecule has 5 nitrogen and oxygen atoms in total. The Morgan fingerprint density at radius 2 is 2.00 bits per heavy atom. The van der Waals surface area contributed by atoms with Crippen molar-refractivity contribution < 1.29 is 5.11 Å². The van der Waals surface area contributed by atoms with E-state index in [1.54, 1.807) is 18.2 Å². The summed E-state index contributed by atoms with van der Waals surface area (Å²) in [6.45, 7) is 0.128. The Kier molecular flexibility index (Phi) is 5.42. The number of halogens is 2. The summed E-state index contributed by atoms with van der Waals surface area (Å²) in [5.74, 6) is 1.24. The summed E-state index contributed by atoms with van der Waals surface area (Å²) in [5.41, 5.74) is 6.33. The van der Waals surface area contributed by atoms with Crippen molar-refractivity contribution in [3.63, 3.8) is 0 Å². The van der Waals surface area contributed by atoms with Gasteiger partial charge in [0.1, 0.15) is 0 Å². The Balaban J connectivity index is 2.31. The van der Waals surface area contributed by atoms with Crippen LogP contribution in [0.1, 0.15) is 6.42 Å². The number of thioether (sulfide) groups is 1. The topological polar surface area (TPSA) is 84.9 Å². The Hall–Kier alpha value is -1.08. The van der Waals surface area contributed by atoms with Crippen LogP contribution in [-0.4, -0.2) is 32.4 Å². The first-order valence-corrected chi connectivity index (χ1v) is 7.55. The first-order chi connectivity index (χ1) is 9.60. The summed E-state index contributed by atoms with van der Waals surface area (Å²) < 4.78 is 0. The lowest BCUT2D eigenvalue weighted by Gasteiger charge is -2.06. The molecular weight excluding hydrogens is 319 g/mol. The van der Waals surface area contributed by atoms with Gasteiger partial charge in [0.05, 0.1) is 5.02 Å². The number of benzene rings is 1. The zero-order valence-corrected chi connectivity index (χ0v) is 12.7. The molecule has 0 aliphatic heterocycles. The standard InChI is InChI=1S/C12H12Cl2N4OS/c13-7-2-3-8(9(14)6-7)10-16-11(15)18-12(17-10)20-5-1-4-19/h2-3,6,19H,1,4-5H2,(H2,15,16,17,18). The van der Waals surface area contributed by atoms with Crippen molar-refractivity contribution in [3.8, 4) is 11.4 Å². The molecule has 0 saturated carbocycles. The summed E-state index contributed by atoms with van der Waals surface area (Å²) in [4.78, 5) is 12.5. The van der Waals surface area contributed by atoms with E-state index in [9.17, 15) is 0 Å². The van der Waals surface area contributed by atoms with Crippen LogP contribution in [0, 0.1) is 0 Å². The van der Waals surface area contributed by atoms with Crippen molar-refractivity contribution in [3.05, 3.63) is 28.2 Å². The van der Waals surface area contributed by atoms with E-state index in [1.807, 2.05) is 0 Å². The second-order valence-corrected chi connectivity index (χ2v) is 5.76. The van der Waals surface area contributed by atoms with Gasteiger partial charge in [-0.3, -0.25) is 0 Å². The molecular formula is C12H12Cl2N4OS. The maximum Gasteiger partial charge on any atom is 0.224 e. The molecule has 3 N–H and O–H groups in total. The molecule has 0 aliphatic rings. The first-order valence-electron chi connectivity index (χ1n) is 5.81. The van der Waals surface area contributed by atoms with Crippen LogP contribution < -0.4 is 5.73 Å². The van der Waals surface area contributed by atoms with E-state index in [4.69, 9.17) is 34.0 Å². The highest BCUT2D eigenvalue weighted by molar-refractivity contribution is 7.99. The number of aliphatic hydroxyl groups is 1. The lowest BCUT2D eigenvalue weighted by atomic mass is 10.2. The molecule has 0 fully saturated rings. The fourth-order valence-corrected chi connectivity index (χ4v) is 2.71. The van der Waals surface area contributed by atoms with Crippen LogP contribution in [0.5, 0.6) is 0 Å². The SMILES string of the molecule is Nc1nc(SCCCO)nc(-c2ccc(Cl)cc2Cl)n1. The molecule has 0 amide bonds. The van der Waals surface area contributed by atoms with E-state index >= 15 is 0 Å². The summed E-state index contributed by atoms with van der Waals surface area (Å²) in [6.07, 6.45) is 0.660. The third-order valence-corrected chi connectivity index (χ3v) is 3.82. The van der Waals surface area contributed by atoms with Gasteiger partial charge in [0, 0.05) is 22.9 Å². The van der Waals surface area contributed by atoms with Gasteiger partial charge in [0.2, 0.25) is 5.95 Å². The van der Waals surface area contributed by atoms with Crippen molar-refractivity contribution in [2.45, 2.75) is 11.6 Å². The van der Waals surface area contributed by atoms with E-state index in [0.29, 0.717) is 38.8 Å². The maximum absolute atomic E-state index is 8.77. The van der Waals surface area contributed by atoms with E-state index in [0.717, 1.165) is 0 Å². The molecule has 20 heavy (non-hydrogen) atoms. The van der Waals surface area contributed by atoms with Gasteiger partial charge in [-0.15, -0.1) is 0 Å². The minimum atomic E-state index is 0.128. The van der Waals surface area contributed by atoms with Gasteiger partial charge >= 0.3 is 0 Å². The predicted molar refractivity (Wildman–Crippen MR) is 82.1 cm³/mol. The zero-order valence-electron chi connectivity index (χ0n) is 10.4. The Morgan fingerprint density at radius 3 is 2.70 bits per heavy atom. The van der Waals surface area contributed by atoms with Gasteiger partial charge in [-0.05, 0) is 24.6 Å². The normalized spacial score (nSPS) is 10.8.